The number of hydrogen-bond acceptors (Lipinski definition) is 3. The average molecular weight is 386 g/mol. The number of rotatable bonds is 8. The van der Waals surface area contributed by atoms with E-state index in [1.54, 1.807) is 0 Å². The predicted molar refractivity (Wildman–Crippen MR) is 113 cm³/mol. The largest absolute Gasteiger partial charge is 0.338 e. The highest BCUT2D eigenvalue weighted by molar-refractivity contribution is 5.95. The Morgan fingerprint density at radius 1 is 1.14 bits per heavy atom. The zero-order valence-corrected chi connectivity index (χ0v) is 17.4. The molecule has 3 N–H and O–H groups in total. The molecule has 1 atom stereocenters. The fraction of sp³-hybridized carbons (Fsp3) is 0.476. The number of nitrogens with zero attached hydrogens (tertiary/aromatic N) is 2. The molecule has 2 aromatic rings. The van der Waals surface area contributed by atoms with Crippen LogP contribution in [0.15, 0.2) is 24.3 Å². The number of aryl methyl sites for hydroxylation is 2. The third kappa shape index (κ3) is 6.11. The van der Waals surface area contributed by atoms with E-state index in [1.807, 2.05) is 56.6 Å². The summed E-state index contributed by atoms with van der Waals surface area (Å²) in [6, 6.07) is 7.25. The molecule has 2 rings (SSSR count). The minimum Gasteiger partial charge on any atom is -0.338 e. The predicted octanol–water partition coefficient (Wildman–Crippen LogP) is 4.00. The molecule has 0 spiro atoms. The summed E-state index contributed by atoms with van der Waals surface area (Å²) in [5, 5.41) is 13.1. The van der Waals surface area contributed by atoms with Crippen LogP contribution in [0.5, 0.6) is 0 Å². The molecule has 3 amide bonds. The van der Waals surface area contributed by atoms with Crippen LogP contribution in [0.1, 0.15) is 43.6 Å². The number of aromatic nitrogens is 2. The van der Waals surface area contributed by atoms with Gasteiger partial charge in [0.15, 0.2) is 0 Å². The molecular weight excluding hydrogens is 354 g/mol. The maximum atomic E-state index is 12.3. The lowest BCUT2D eigenvalue weighted by molar-refractivity contribution is -0.116. The maximum absolute atomic E-state index is 12.3. The van der Waals surface area contributed by atoms with Crippen LogP contribution >= 0.6 is 0 Å². The van der Waals surface area contributed by atoms with E-state index in [-0.39, 0.29) is 17.9 Å². The minimum absolute atomic E-state index is 0.0230. The Morgan fingerprint density at radius 2 is 1.82 bits per heavy atom. The van der Waals surface area contributed by atoms with Gasteiger partial charge in [-0.2, -0.15) is 5.10 Å². The van der Waals surface area contributed by atoms with E-state index < -0.39 is 0 Å². The van der Waals surface area contributed by atoms with Gasteiger partial charge in [-0.05, 0) is 56.9 Å². The number of nitrogens with one attached hydrogen (secondary N) is 3. The summed E-state index contributed by atoms with van der Waals surface area (Å²) in [6.07, 6.45) is 1.27. The molecule has 0 radical (unpaired) electrons. The molecule has 1 heterocycles. The molecule has 1 unspecified atom stereocenters. The standard InChI is InChI=1S/C21H31N5O2/c1-6-8-20(27)23-18-9-7-10-19(17(18)5)24-21(28)22-12-14(2)13-26-16(4)11-15(3)25-26/h7,9-11,14H,6,8,12-13H2,1-5H3,(H,23,27)(H2,22,24,28). The molecule has 7 heteroatoms. The summed E-state index contributed by atoms with van der Waals surface area (Å²) in [5.74, 6) is 0.217. The van der Waals surface area contributed by atoms with Gasteiger partial charge in [0.1, 0.15) is 0 Å². The third-order valence-electron chi connectivity index (χ3n) is 4.53. The number of anilines is 2. The van der Waals surface area contributed by atoms with E-state index >= 15 is 0 Å². The van der Waals surface area contributed by atoms with Crippen molar-refractivity contribution < 1.29 is 9.59 Å². The molecule has 7 nitrogen and oxygen atoms in total. The van der Waals surface area contributed by atoms with Gasteiger partial charge in [-0.1, -0.05) is 19.9 Å². The van der Waals surface area contributed by atoms with Crippen molar-refractivity contribution in [2.24, 2.45) is 5.92 Å². The molecule has 0 aliphatic heterocycles. The number of carbonyl (C=O) groups is 2. The van der Waals surface area contributed by atoms with Gasteiger partial charge in [-0.15, -0.1) is 0 Å². The van der Waals surface area contributed by atoms with E-state index in [2.05, 4.69) is 28.0 Å². The molecule has 28 heavy (non-hydrogen) atoms. The zero-order chi connectivity index (χ0) is 20.7. The number of urea groups is 1. The Balaban J connectivity index is 1.88. The molecule has 0 saturated carbocycles. The summed E-state index contributed by atoms with van der Waals surface area (Å²) < 4.78 is 1.96. The number of hydrogen-bond donors (Lipinski definition) is 3. The first-order valence-corrected chi connectivity index (χ1v) is 9.75. The number of carbonyl (C=O) groups excluding carboxylic acids is 2. The van der Waals surface area contributed by atoms with Gasteiger partial charge in [-0.25, -0.2) is 4.79 Å². The smallest absolute Gasteiger partial charge is 0.319 e. The molecule has 0 fully saturated rings. The Hall–Kier alpha value is -2.83. The van der Waals surface area contributed by atoms with E-state index in [1.165, 1.54) is 0 Å². The lowest BCUT2D eigenvalue weighted by Gasteiger charge is -2.16. The first kappa shape index (κ1) is 21.5. The molecule has 0 bridgehead atoms. The van der Waals surface area contributed by atoms with E-state index in [0.29, 0.717) is 24.3 Å². The van der Waals surface area contributed by atoms with Crippen LogP contribution in [0.4, 0.5) is 16.2 Å². The van der Waals surface area contributed by atoms with E-state index in [0.717, 1.165) is 29.9 Å². The van der Waals surface area contributed by atoms with Gasteiger partial charge in [-0.3, -0.25) is 9.48 Å². The van der Waals surface area contributed by atoms with E-state index in [4.69, 9.17) is 0 Å². The van der Waals surface area contributed by atoms with Crippen LogP contribution < -0.4 is 16.0 Å². The summed E-state index contributed by atoms with van der Waals surface area (Å²) in [4.78, 5) is 24.1. The summed E-state index contributed by atoms with van der Waals surface area (Å²) >= 11 is 0. The summed E-state index contributed by atoms with van der Waals surface area (Å²) in [7, 11) is 0. The summed E-state index contributed by atoms with van der Waals surface area (Å²) in [6.45, 7) is 11.2. The van der Waals surface area contributed by atoms with Crippen LogP contribution in [-0.4, -0.2) is 28.3 Å². The topological polar surface area (TPSA) is 88.0 Å². The first-order valence-electron chi connectivity index (χ1n) is 9.75. The highest BCUT2D eigenvalue weighted by Crippen LogP contribution is 2.23. The highest BCUT2D eigenvalue weighted by atomic mass is 16.2. The van der Waals surface area contributed by atoms with Crippen molar-refractivity contribution in [3.05, 3.63) is 41.2 Å². The van der Waals surface area contributed by atoms with E-state index in [9.17, 15) is 9.59 Å². The normalized spacial score (nSPS) is 11.8. The molecule has 0 saturated heterocycles. The van der Waals surface area contributed by atoms with Crippen LogP contribution in [-0.2, 0) is 11.3 Å². The Morgan fingerprint density at radius 3 is 2.43 bits per heavy atom. The van der Waals surface area contributed by atoms with Crippen LogP contribution in [0.2, 0.25) is 0 Å². The molecule has 0 aliphatic rings. The van der Waals surface area contributed by atoms with Gasteiger partial charge >= 0.3 is 6.03 Å². The quantitative estimate of drug-likeness (QED) is 0.642. The average Bonchev–Trinajstić information content (AvgIpc) is 2.94. The first-order chi connectivity index (χ1) is 13.3. The minimum atomic E-state index is -0.264. The van der Waals surface area contributed by atoms with Crippen molar-refractivity contribution in [3.63, 3.8) is 0 Å². The molecule has 1 aromatic heterocycles. The van der Waals surface area contributed by atoms with Gasteiger partial charge in [0.25, 0.3) is 0 Å². The Bertz CT molecular complexity index is 828. The van der Waals surface area contributed by atoms with Crippen molar-refractivity contribution in [3.8, 4) is 0 Å². The Labute approximate surface area is 166 Å². The van der Waals surface area contributed by atoms with Gasteiger partial charge in [0.2, 0.25) is 5.91 Å². The van der Waals surface area contributed by atoms with Gasteiger partial charge in [0.05, 0.1) is 5.69 Å². The summed E-state index contributed by atoms with van der Waals surface area (Å²) in [5.41, 5.74) is 4.34. The fourth-order valence-electron chi connectivity index (χ4n) is 3.00. The molecule has 0 aliphatic carbocycles. The van der Waals surface area contributed by atoms with Crippen LogP contribution in [0, 0.1) is 26.7 Å². The second-order valence-corrected chi connectivity index (χ2v) is 7.33. The van der Waals surface area contributed by atoms with Crippen molar-refractivity contribution >= 4 is 23.3 Å². The maximum Gasteiger partial charge on any atom is 0.319 e. The second kappa shape index (κ2) is 9.92. The molecule has 152 valence electrons. The van der Waals surface area contributed by atoms with Crippen LogP contribution in [0.25, 0.3) is 0 Å². The zero-order valence-electron chi connectivity index (χ0n) is 17.4. The number of benzene rings is 1. The van der Waals surface area contributed by atoms with Crippen LogP contribution in [0.3, 0.4) is 0 Å². The third-order valence-corrected chi connectivity index (χ3v) is 4.53. The molecule has 1 aromatic carbocycles. The monoisotopic (exact) mass is 385 g/mol. The Kier molecular flexibility index (Phi) is 7.61. The second-order valence-electron chi connectivity index (χ2n) is 7.33. The lowest BCUT2D eigenvalue weighted by atomic mass is 10.1. The van der Waals surface area contributed by atoms with Gasteiger partial charge < -0.3 is 16.0 Å². The van der Waals surface area contributed by atoms with Crippen molar-refractivity contribution in [1.29, 1.82) is 0 Å². The van der Waals surface area contributed by atoms with Crippen molar-refractivity contribution in [1.82, 2.24) is 15.1 Å². The number of amides is 3. The lowest BCUT2D eigenvalue weighted by Crippen LogP contribution is -2.34. The van der Waals surface area contributed by atoms with Gasteiger partial charge in [0, 0.05) is 36.6 Å². The molecular formula is C21H31N5O2. The SMILES string of the molecule is CCCC(=O)Nc1cccc(NC(=O)NCC(C)Cn2nc(C)cc2C)c1C. The fourth-order valence-corrected chi connectivity index (χ4v) is 3.00. The van der Waals surface area contributed by atoms with Crippen molar-refractivity contribution in [2.45, 2.75) is 54.0 Å². The van der Waals surface area contributed by atoms with Crippen molar-refractivity contribution in [2.75, 3.05) is 17.2 Å². The highest BCUT2D eigenvalue weighted by Gasteiger charge is 2.12.